The summed E-state index contributed by atoms with van der Waals surface area (Å²) in [5.74, 6) is 1.51. The van der Waals surface area contributed by atoms with Crippen LogP contribution in [0.25, 0.3) is 11.5 Å². The van der Waals surface area contributed by atoms with Crippen molar-refractivity contribution in [1.82, 2.24) is 4.98 Å². The third-order valence-corrected chi connectivity index (χ3v) is 3.31. The van der Waals surface area contributed by atoms with E-state index in [4.69, 9.17) is 4.42 Å². The minimum absolute atomic E-state index is 0.701. The molecule has 2 heteroatoms. The molecule has 0 unspecified atom stereocenters. The molecule has 2 aromatic carbocycles. The van der Waals surface area contributed by atoms with Gasteiger partial charge in [-0.2, -0.15) is 0 Å². The van der Waals surface area contributed by atoms with Gasteiger partial charge >= 0.3 is 0 Å². The highest BCUT2D eigenvalue weighted by Crippen LogP contribution is 2.40. The number of nitrogens with zero attached hydrogens (tertiary/aromatic N) is 1. The summed E-state index contributed by atoms with van der Waals surface area (Å²) >= 11 is 0. The number of hydrogen-bond acceptors (Lipinski definition) is 2. The molecular formula is C18H17NO. The van der Waals surface area contributed by atoms with Crippen molar-refractivity contribution in [3.05, 3.63) is 78.7 Å². The number of rotatable bonds is 2. The van der Waals surface area contributed by atoms with Crippen molar-refractivity contribution in [2.24, 2.45) is 0 Å². The molecule has 0 amide bonds. The van der Waals surface area contributed by atoms with Crippen molar-refractivity contribution in [2.45, 2.75) is 18.8 Å². The summed E-state index contributed by atoms with van der Waals surface area (Å²) in [7, 11) is 0. The second-order valence-corrected chi connectivity index (χ2v) is 4.89. The van der Waals surface area contributed by atoms with Crippen molar-refractivity contribution in [3.63, 3.8) is 0 Å². The van der Waals surface area contributed by atoms with E-state index in [9.17, 15) is 0 Å². The molecule has 0 saturated heterocycles. The molecule has 0 aliphatic heterocycles. The van der Waals surface area contributed by atoms with Crippen molar-refractivity contribution in [2.75, 3.05) is 0 Å². The number of hydrogen-bond donors (Lipinski definition) is 0. The highest BCUT2D eigenvalue weighted by molar-refractivity contribution is 5.53. The summed E-state index contributed by atoms with van der Waals surface area (Å²) in [6.45, 7) is 0. The molecular weight excluding hydrogens is 246 g/mol. The van der Waals surface area contributed by atoms with Gasteiger partial charge in [-0.25, -0.2) is 4.98 Å². The van der Waals surface area contributed by atoms with Crippen LogP contribution in [0.15, 0.2) is 77.5 Å². The molecule has 0 atom stereocenters. The van der Waals surface area contributed by atoms with Crippen LogP contribution in [-0.2, 0) is 0 Å². The lowest BCUT2D eigenvalue weighted by atomic mass is 10.1. The highest BCUT2D eigenvalue weighted by atomic mass is 16.3. The summed E-state index contributed by atoms with van der Waals surface area (Å²) in [5.41, 5.74) is 2.50. The lowest BCUT2D eigenvalue weighted by Crippen LogP contribution is -1.80. The van der Waals surface area contributed by atoms with Crippen LogP contribution in [0.1, 0.15) is 24.3 Å². The van der Waals surface area contributed by atoms with Gasteiger partial charge in [0.1, 0.15) is 6.26 Å². The van der Waals surface area contributed by atoms with Gasteiger partial charge in [0.2, 0.25) is 5.89 Å². The van der Waals surface area contributed by atoms with Crippen LogP contribution in [0, 0.1) is 0 Å². The van der Waals surface area contributed by atoms with Gasteiger partial charge < -0.3 is 4.42 Å². The lowest BCUT2D eigenvalue weighted by molar-refractivity contribution is 0.574. The molecule has 3 aromatic rings. The molecule has 100 valence electrons. The van der Waals surface area contributed by atoms with Gasteiger partial charge in [-0.15, -0.1) is 0 Å². The molecule has 1 saturated carbocycles. The molecule has 4 rings (SSSR count). The first-order valence-corrected chi connectivity index (χ1v) is 6.93. The van der Waals surface area contributed by atoms with Gasteiger partial charge in [0.15, 0.2) is 0 Å². The largest absolute Gasteiger partial charge is 0.445 e. The SMILES string of the molecule is c1ccccc1.c1coc(-c2ccc(C3CC3)cc2)n1. The topological polar surface area (TPSA) is 26.0 Å². The van der Waals surface area contributed by atoms with Crippen LogP contribution in [0.5, 0.6) is 0 Å². The molecule has 0 bridgehead atoms. The third kappa shape index (κ3) is 3.35. The van der Waals surface area contributed by atoms with Gasteiger partial charge in [-0.1, -0.05) is 48.5 Å². The summed E-state index contributed by atoms with van der Waals surface area (Å²) in [5, 5.41) is 0. The molecule has 1 fully saturated rings. The van der Waals surface area contributed by atoms with E-state index in [2.05, 4.69) is 29.2 Å². The van der Waals surface area contributed by atoms with Crippen molar-refractivity contribution >= 4 is 0 Å². The standard InChI is InChI=1S/C12H11NO.C6H6/c1-2-9(1)10-3-5-11(6-4-10)12-13-7-8-14-12;1-2-4-6-5-3-1/h3-9H,1-2H2;1-6H. The number of aromatic nitrogens is 1. The fraction of sp³-hybridized carbons (Fsp3) is 0.167. The fourth-order valence-corrected chi connectivity index (χ4v) is 2.07. The maximum Gasteiger partial charge on any atom is 0.225 e. The van der Waals surface area contributed by atoms with E-state index in [1.807, 2.05) is 36.4 Å². The molecule has 0 radical (unpaired) electrons. The predicted molar refractivity (Wildman–Crippen MR) is 80.4 cm³/mol. The second-order valence-electron chi connectivity index (χ2n) is 4.89. The Labute approximate surface area is 119 Å². The lowest BCUT2D eigenvalue weighted by Gasteiger charge is -1.98. The first kappa shape index (κ1) is 12.7. The maximum atomic E-state index is 5.22. The van der Waals surface area contributed by atoms with Crippen molar-refractivity contribution < 1.29 is 4.42 Å². The number of benzene rings is 2. The van der Waals surface area contributed by atoms with E-state index < -0.39 is 0 Å². The van der Waals surface area contributed by atoms with Crippen LogP contribution in [-0.4, -0.2) is 4.98 Å². The summed E-state index contributed by atoms with van der Waals surface area (Å²) in [6.07, 6.45) is 5.96. The van der Waals surface area contributed by atoms with Crippen molar-refractivity contribution in [3.8, 4) is 11.5 Å². The smallest absolute Gasteiger partial charge is 0.225 e. The van der Waals surface area contributed by atoms with Gasteiger partial charge in [0.25, 0.3) is 0 Å². The molecule has 0 spiro atoms. The Bertz CT molecular complexity index is 584. The summed E-state index contributed by atoms with van der Waals surface area (Å²) < 4.78 is 5.22. The zero-order valence-corrected chi connectivity index (χ0v) is 11.3. The Hall–Kier alpha value is -2.35. The van der Waals surface area contributed by atoms with E-state index >= 15 is 0 Å². The minimum atomic E-state index is 0.701. The molecule has 1 aromatic heterocycles. The first-order chi connectivity index (χ1) is 9.93. The van der Waals surface area contributed by atoms with Crippen LogP contribution in [0.3, 0.4) is 0 Å². The second kappa shape index (κ2) is 6.20. The molecule has 1 aliphatic carbocycles. The molecule has 1 aliphatic rings. The molecule has 0 N–H and O–H groups in total. The molecule has 2 nitrogen and oxygen atoms in total. The Balaban J connectivity index is 0.000000170. The molecule has 20 heavy (non-hydrogen) atoms. The Morgan fingerprint density at radius 3 is 1.90 bits per heavy atom. The average Bonchev–Trinajstić information content (AvgIpc) is 3.24. The van der Waals surface area contributed by atoms with Gasteiger partial charge in [-0.05, 0) is 36.5 Å². The van der Waals surface area contributed by atoms with E-state index in [-0.39, 0.29) is 0 Å². The summed E-state index contributed by atoms with van der Waals surface area (Å²) in [4.78, 5) is 4.11. The predicted octanol–water partition coefficient (Wildman–Crippen LogP) is 4.91. The van der Waals surface area contributed by atoms with E-state index in [1.54, 1.807) is 12.5 Å². The van der Waals surface area contributed by atoms with Crippen LogP contribution < -0.4 is 0 Å². The van der Waals surface area contributed by atoms with Crippen LogP contribution >= 0.6 is 0 Å². The molecule has 1 heterocycles. The van der Waals surface area contributed by atoms with Crippen LogP contribution in [0.4, 0.5) is 0 Å². The van der Waals surface area contributed by atoms with Gasteiger partial charge in [0, 0.05) is 5.56 Å². The Morgan fingerprint density at radius 1 is 0.850 bits per heavy atom. The van der Waals surface area contributed by atoms with Gasteiger partial charge in [-0.3, -0.25) is 0 Å². The number of oxazole rings is 1. The highest BCUT2D eigenvalue weighted by Gasteiger charge is 2.23. The fourth-order valence-electron chi connectivity index (χ4n) is 2.07. The monoisotopic (exact) mass is 263 g/mol. The first-order valence-electron chi connectivity index (χ1n) is 6.93. The quantitative estimate of drug-likeness (QED) is 0.657. The van der Waals surface area contributed by atoms with Crippen molar-refractivity contribution in [1.29, 1.82) is 0 Å². The van der Waals surface area contributed by atoms with Gasteiger partial charge in [0.05, 0.1) is 6.20 Å². The average molecular weight is 263 g/mol. The third-order valence-electron chi connectivity index (χ3n) is 3.31. The summed E-state index contributed by atoms with van der Waals surface area (Å²) in [6, 6.07) is 20.5. The zero-order valence-electron chi connectivity index (χ0n) is 11.3. The zero-order chi connectivity index (χ0) is 13.6. The maximum absolute atomic E-state index is 5.22. The minimum Gasteiger partial charge on any atom is -0.445 e. The van der Waals surface area contributed by atoms with E-state index in [0.29, 0.717) is 5.89 Å². The van der Waals surface area contributed by atoms with E-state index in [1.165, 1.54) is 18.4 Å². The van der Waals surface area contributed by atoms with E-state index in [0.717, 1.165) is 11.5 Å². The normalized spacial score (nSPS) is 13.4. The Morgan fingerprint density at radius 2 is 1.45 bits per heavy atom. The Kier molecular flexibility index (Phi) is 3.93. The van der Waals surface area contributed by atoms with Crippen LogP contribution in [0.2, 0.25) is 0 Å².